The molecule has 0 aliphatic carbocycles. The number of piperidine rings is 1. The van der Waals surface area contributed by atoms with Gasteiger partial charge in [0, 0.05) is 56.2 Å². The van der Waals surface area contributed by atoms with Crippen molar-refractivity contribution in [1.29, 1.82) is 0 Å². The molecule has 224 valence electrons. The Hall–Kier alpha value is -4.35. The molecule has 0 saturated carbocycles. The van der Waals surface area contributed by atoms with E-state index in [9.17, 15) is 9.59 Å². The number of morpholine rings is 1. The molecule has 0 spiro atoms. The maximum Gasteiger partial charge on any atom is 0.274 e. The molecule has 11 nitrogen and oxygen atoms in total. The van der Waals surface area contributed by atoms with Crippen molar-refractivity contribution in [3.05, 3.63) is 66.2 Å². The number of aromatic amines is 1. The standard InChI is InChI=1S/C32H38N8O3/c1-2-4-29(41)36-25-5-3-12-39(20-25)19-22-10-11-33-28(17-22)32(42)37-24-8-6-23(7-9-24)27-18-26-30(38-27)34-21-35-31(26)40-13-15-43-16-14-40/h6-11,17-18,21,25H,2-5,12-16,19-20H2,1H3,(H,36,41)(H,37,42)(H,34,35,38)/t25-/m1/s1. The normalized spacial score (nSPS) is 17.6. The van der Waals surface area contributed by atoms with Crippen LogP contribution in [0.5, 0.6) is 0 Å². The predicted octanol–water partition coefficient (Wildman–Crippen LogP) is 3.99. The van der Waals surface area contributed by atoms with Crippen molar-refractivity contribution in [2.75, 3.05) is 49.6 Å². The average Bonchev–Trinajstić information content (AvgIpc) is 3.47. The van der Waals surface area contributed by atoms with Gasteiger partial charge in [-0.1, -0.05) is 19.1 Å². The van der Waals surface area contributed by atoms with E-state index in [1.54, 1.807) is 12.5 Å². The van der Waals surface area contributed by atoms with Crippen LogP contribution in [0.2, 0.25) is 0 Å². The highest BCUT2D eigenvalue weighted by Crippen LogP contribution is 2.29. The molecule has 0 bridgehead atoms. The second kappa shape index (κ2) is 13.3. The van der Waals surface area contributed by atoms with E-state index in [0.717, 1.165) is 79.1 Å². The van der Waals surface area contributed by atoms with Gasteiger partial charge in [0.1, 0.15) is 23.5 Å². The first-order chi connectivity index (χ1) is 21.1. The molecule has 3 aromatic heterocycles. The first-order valence-electron chi connectivity index (χ1n) is 15.1. The fraction of sp³-hybridized carbons (Fsp3) is 0.406. The Balaban J connectivity index is 1.08. The number of hydrogen-bond acceptors (Lipinski definition) is 8. The maximum atomic E-state index is 13.1. The number of benzene rings is 1. The zero-order chi connectivity index (χ0) is 29.6. The van der Waals surface area contributed by atoms with Crippen LogP contribution in [0, 0.1) is 0 Å². The van der Waals surface area contributed by atoms with E-state index in [1.807, 2.05) is 43.3 Å². The number of ether oxygens (including phenoxy) is 1. The summed E-state index contributed by atoms with van der Waals surface area (Å²) in [6, 6.07) is 13.8. The highest BCUT2D eigenvalue weighted by atomic mass is 16.5. The van der Waals surface area contributed by atoms with Crippen molar-refractivity contribution in [3.63, 3.8) is 0 Å². The lowest BCUT2D eigenvalue weighted by atomic mass is 10.0. The van der Waals surface area contributed by atoms with Gasteiger partial charge in [0.15, 0.2) is 0 Å². The Kier molecular flexibility index (Phi) is 8.90. The summed E-state index contributed by atoms with van der Waals surface area (Å²) < 4.78 is 5.49. The third-order valence-electron chi connectivity index (χ3n) is 7.98. The molecule has 4 aromatic rings. The molecule has 2 fully saturated rings. The lowest BCUT2D eigenvalue weighted by Crippen LogP contribution is -2.47. The summed E-state index contributed by atoms with van der Waals surface area (Å²) >= 11 is 0. The quantitative estimate of drug-likeness (QED) is 0.270. The number of amides is 2. The molecule has 43 heavy (non-hydrogen) atoms. The van der Waals surface area contributed by atoms with Crippen LogP contribution in [0.4, 0.5) is 11.5 Å². The number of fused-ring (bicyclic) bond motifs is 1. The molecule has 5 heterocycles. The van der Waals surface area contributed by atoms with E-state index in [4.69, 9.17) is 4.74 Å². The smallest absolute Gasteiger partial charge is 0.274 e. The number of carbonyl (C=O) groups excluding carboxylic acids is 2. The zero-order valence-electron chi connectivity index (χ0n) is 24.5. The second-order valence-corrected chi connectivity index (χ2v) is 11.2. The first-order valence-corrected chi connectivity index (χ1v) is 15.1. The van der Waals surface area contributed by atoms with Crippen LogP contribution in [0.25, 0.3) is 22.3 Å². The third kappa shape index (κ3) is 7.00. The number of anilines is 2. The van der Waals surface area contributed by atoms with Gasteiger partial charge in [-0.15, -0.1) is 0 Å². The van der Waals surface area contributed by atoms with Gasteiger partial charge in [-0.2, -0.15) is 0 Å². The predicted molar refractivity (Wildman–Crippen MR) is 166 cm³/mol. The Bertz CT molecular complexity index is 1560. The molecular formula is C32H38N8O3. The average molecular weight is 583 g/mol. The maximum absolute atomic E-state index is 13.1. The van der Waals surface area contributed by atoms with Crippen molar-refractivity contribution in [2.45, 2.75) is 45.2 Å². The summed E-state index contributed by atoms with van der Waals surface area (Å²) in [5, 5.41) is 7.11. The number of aromatic nitrogens is 4. The summed E-state index contributed by atoms with van der Waals surface area (Å²) in [5.41, 5.74) is 4.78. The van der Waals surface area contributed by atoms with Crippen LogP contribution in [0.1, 0.15) is 48.7 Å². The molecule has 2 aliphatic rings. The van der Waals surface area contributed by atoms with Crippen LogP contribution in [0.3, 0.4) is 0 Å². The van der Waals surface area contributed by atoms with Crippen LogP contribution < -0.4 is 15.5 Å². The highest BCUT2D eigenvalue weighted by molar-refractivity contribution is 6.03. The summed E-state index contributed by atoms with van der Waals surface area (Å²) in [5.74, 6) is 0.779. The molecular weight excluding hydrogens is 544 g/mol. The van der Waals surface area contributed by atoms with Crippen molar-refractivity contribution in [2.24, 2.45) is 0 Å². The van der Waals surface area contributed by atoms with E-state index in [-0.39, 0.29) is 17.9 Å². The van der Waals surface area contributed by atoms with E-state index in [1.165, 1.54) is 0 Å². The van der Waals surface area contributed by atoms with Crippen molar-refractivity contribution in [1.82, 2.24) is 30.2 Å². The number of rotatable bonds is 9. The third-order valence-corrected chi connectivity index (χ3v) is 7.98. The second-order valence-electron chi connectivity index (χ2n) is 11.2. The van der Waals surface area contributed by atoms with Gasteiger partial charge in [-0.3, -0.25) is 19.5 Å². The molecule has 0 unspecified atom stereocenters. The van der Waals surface area contributed by atoms with Gasteiger partial charge in [-0.05, 0) is 67.3 Å². The van der Waals surface area contributed by atoms with Gasteiger partial charge in [0.05, 0.1) is 18.6 Å². The molecule has 2 saturated heterocycles. The van der Waals surface area contributed by atoms with E-state index in [2.05, 4.69) is 46.4 Å². The minimum absolute atomic E-state index is 0.124. The number of likely N-dealkylation sites (tertiary alicyclic amines) is 1. The van der Waals surface area contributed by atoms with Gasteiger partial charge in [0.2, 0.25) is 5.91 Å². The molecule has 0 radical (unpaired) electrons. The SMILES string of the molecule is CCCC(=O)N[C@@H]1CCCN(Cc2ccnc(C(=O)Nc3ccc(-c4cc5c(N6CCOCC6)ncnc5[nH]4)cc3)c2)C1. The minimum atomic E-state index is -0.256. The van der Waals surface area contributed by atoms with E-state index in [0.29, 0.717) is 37.6 Å². The van der Waals surface area contributed by atoms with E-state index < -0.39 is 0 Å². The number of H-pyrrole nitrogens is 1. The summed E-state index contributed by atoms with van der Waals surface area (Å²) in [4.78, 5) is 46.4. The number of pyridine rings is 1. The molecule has 2 aliphatic heterocycles. The van der Waals surface area contributed by atoms with Gasteiger partial charge in [-0.25, -0.2) is 9.97 Å². The monoisotopic (exact) mass is 582 g/mol. The van der Waals surface area contributed by atoms with Gasteiger partial charge in [0.25, 0.3) is 5.91 Å². The number of nitrogens with one attached hydrogen (secondary N) is 3. The van der Waals surface area contributed by atoms with Crippen LogP contribution >= 0.6 is 0 Å². The minimum Gasteiger partial charge on any atom is -0.378 e. The highest BCUT2D eigenvalue weighted by Gasteiger charge is 2.22. The molecule has 3 N–H and O–H groups in total. The van der Waals surface area contributed by atoms with Crippen molar-refractivity contribution < 1.29 is 14.3 Å². The number of hydrogen-bond donors (Lipinski definition) is 3. The van der Waals surface area contributed by atoms with Crippen LogP contribution in [-0.2, 0) is 16.1 Å². The summed E-state index contributed by atoms with van der Waals surface area (Å²) in [6.45, 7) is 7.48. The van der Waals surface area contributed by atoms with Gasteiger partial charge < -0.3 is 25.3 Å². The van der Waals surface area contributed by atoms with Crippen molar-refractivity contribution in [3.8, 4) is 11.3 Å². The Morgan fingerprint density at radius 2 is 1.88 bits per heavy atom. The molecule has 1 atom stereocenters. The lowest BCUT2D eigenvalue weighted by Gasteiger charge is -2.33. The number of nitrogens with zero attached hydrogens (tertiary/aromatic N) is 5. The largest absolute Gasteiger partial charge is 0.378 e. The van der Waals surface area contributed by atoms with Gasteiger partial charge >= 0.3 is 0 Å². The zero-order valence-corrected chi connectivity index (χ0v) is 24.5. The fourth-order valence-corrected chi connectivity index (χ4v) is 5.84. The Labute approximate surface area is 251 Å². The Morgan fingerprint density at radius 1 is 1.05 bits per heavy atom. The van der Waals surface area contributed by atoms with Crippen LogP contribution in [0.15, 0.2) is 55.0 Å². The summed E-state index contributed by atoms with van der Waals surface area (Å²) in [6.07, 6.45) is 6.72. The Morgan fingerprint density at radius 3 is 2.70 bits per heavy atom. The molecule has 1 aromatic carbocycles. The molecule has 2 amide bonds. The van der Waals surface area contributed by atoms with Crippen LogP contribution in [-0.4, -0.2) is 82.1 Å². The van der Waals surface area contributed by atoms with E-state index >= 15 is 0 Å². The first kappa shape index (κ1) is 28.8. The topological polar surface area (TPSA) is 128 Å². The fourth-order valence-electron chi connectivity index (χ4n) is 5.84. The molecule has 11 heteroatoms. The van der Waals surface area contributed by atoms with Crippen molar-refractivity contribution >= 4 is 34.4 Å². The lowest BCUT2D eigenvalue weighted by molar-refractivity contribution is -0.122. The molecule has 6 rings (SSSR count). The number of carbonyl (C=O) groups is 2. The summed E-state index contributed by atoms with van der Waals surface area (Å²) in [7, 11) is 0.